The quantitative estimate of drug-likeness (QED) is 0.875. The minimum absolute atomic E-state index is 0.0212. The highest BCUT2D eigenvalue weighted by atomic mass is 16.3. The zero-order valence-corrected chi connectivity index (χ0v) is 11.9. The molecule has 0 aliphatic heterocycles. The fraction of sp³-hybridized carbons (Fsp3) is 0.562. The lowest BCUT2D eigenvalue weighted by Crippen LogP contribution is -2.53. The topological polar surface area (TPSA) is 49.3 Å². The van der Waals surface area contributed by atoms with Crippen LogP contribution in [0.2, 0.25) is 0 Å². The molecule has 2 unspecified atom stereocenters. The summed E-state index contributed by atoms with van der Waals surface area (Å²) in [7, 11) is 0. The average Bonchev–Trinajstić information content (AvgIpc) is 2.37. The maximum Gasteiger partial charge on any atom is 0.223 e. The molecule has 1 aromatic carbocycles. The molecule has 2 rings (SSSR count). The molecule has 1 aromatic rings. The summed E-state index contributed by atoms with van der Waals surface area (Å²) in [6.45, 7) is 5.41. The summed E-state index contributed by atoms with van der Waals surface area (Å²) < 4.78 is 0. The van der Waals surface area contributed by atoms with E-state index in [0.29, 0.717) is 0 Å². The molecule has 3 heteroatoms. The molecule has 0 saturated heterocycles. The van der Waals surface area contributed by atoms with Crippen LogP contribution in [0.15, 0.2) is 24.3 Å². The molecule has 0 fully saturated rings. The molecule has 1 aliphatic rings. The van der Waals surface area contributed by atoms with Gasteiger partial charge in [-0.05, 0) is 51.2 Å². The van der Waals surface area contributed by atoms with E-state index in [9.17, 15) is 9.90 Å². The number of carbonyl (C=O) groups is 1. The largest absolute Gasteiger partial charge is 0.391 e. The number of carbonyl (C=O) groups excluding carboxylic acids is 1. The normalized spacial score (nSPS) is 20.5. The molecule has 0 heterocycles. The number of aliphatic hydroxyl groups excluding tert-OH is 1. The Balaban J connectivity index is 2.03. The van der Waals surface area contributed by atoms with Crippen LogP contribution in [0.3, 0.4) is 0 Å². The van der Waals surface area contributed by atoms with Gasteiger partial charge in [0.1, 0.15) is 0 Å². The maximum atomic E-state index is 12.3. The lowest BCUT2D eigenvalue weighted by Gasteiger charge is -2.32. The van der Waals surface area contributed by atoms with Crippen LogP contribution in [0.5, 0.6) is 0 Å². The number of rotatable bonds is 3. The maximum absolute atomic E-state index is 12.3. The predicted octanol–water partition coefficient (Wildman–Crippen LogP) is 2.07. The van der Waals surface area contributed by atoms with Gasteiger partial charge >= 0.3 is 0 Å². The Bertz CT molecular complexity index is 466. The van der Waals surface area contributed by atoms with Gasteiger partial charge in [0.2, 0.25) is 5.91 Å². The van der Waals surface area contributed by atoms with Gasteiger partial charge in [-0.15, -0.1) is 0 Å². The Morgan fingerprint density at radius 1 is 1.37 bits per heavy atom. The third kappa shape index (κ3) is 3.16. The third-order valence-corrected chi connectivity index (χ3v) is 4.21. The van der Waals surface area contributed by atoms with Crippen molar-refractivity contribution in [2.45, 2.75) is 51.7 Å². The minimum atomic E-state index is -0.575. The second-order valence-corrected chi connectivity index (χ2v) is 6.10. The number of aryl methyl sites for hydroxylation is 1. The SMILES string of the molecule is CC(O)C(C)(C)NC(=O)C1CCc2ccccc2C1. The number of aliphatic hydroxyl groups is 1. The van der Waals surface area contributed by atoms with Crippen molar-refractivity contribution in [1.29, 1.82) is 0 Å². The van der Waals surface area contributed by atoms with E-state index in [4.69, 9.17) is 0 Å². The van der Waals surface area contributed by atoms with Crippen LogP contribution in [-0.2, 0) is 17.6 Å². The number of hydrogen-bond donors (Lipinski definition) is 2. The Hall–Kier alpha value is -1.35. The number of hydrogen-bond acceptors (Lipinski definition) is 2. The smallest absolute Gasteiger partial charge is 0.223 e. The van der Waals surface area contributed by atoms with Gasteiger partial charge in [-0.2, -0.15) is 0 Å². The zero-order chi connectivity index (χ0) is 14.0. The first-order valence-corrected chi connectivity index (χ1v) is 6.97. The second kappa shape index (κ2) is 5.33. The van der Waals surface area contributed by atoms with Crippen LogP contribution >= 0.6 is 0 Å². The zero-order valence-electron chi connectivity index (χ0n) is 11.9. The summed E-state index contributed by atoms with van der Waals surface area (Å²) in [6, 6.07) is 8.33. The average molecular weight is 261 g/mol. The highest BCUT2D eigenvalue weighted by Crippen LogP contribution is 2.26. The van der Waals surface area contributed by atoms with E-state index in [1.165, 1.54) is 11.1 Å². The number of nitrogens with one attached hydrogen (secondary N) is 1. The minimum Gasteiger partial charge on any atom is -0.391 e. The summed E-state index contributed by atoms with van der Waals surface area (Å²) in [6.07, 6.45) is 2.09. The highest BCUT2D eigenvalue weighted by Gasteiger charge is 2.31. The predicted molar refractivity (Wildman–Crippen MR) is 75.9 cm³/mol. The summed E-state index contributed by atoms with van der Waals surface area (Å²) in [5.74, 6) is 0.0772. The van der Waals surface area contributed by atoms with Gasteiger partial charge in [-0.3, -0.25) is 4.79 Å². The fourth-order valence-electron chi connectivity index (χ4n) is 2.45. The van der Waals surface area contributed by atoms with Crippen molar-refractivity contribution in [3.63, 3.8) is 0 Å². The molecule has 0 saturated carbocycles. The molecule has 1 amide bonds. The molecule has 0 radical (unpaired) electrons. The molecule has 19 heavy (non-hydrogen) atoms. The fourth-order valence-corrected chi connectivity index (χ4v) is 2.45. The van der Waals surface area contributed by atoms with Gasteiger partial charge in [-0.25, -0.2) is 0 Å². The molecule has 3 nitrogen and oxygen atoms in total. The van der Waals surface area contributed by atoms with Gasteiger partial charge in [0, 0.05) is 5.92 Å². The first-order chi connectivity index (χ1) is 8.90. The molecular weight excluding hydrogens is 238 g/mol. The van der Waals surface area contributed by atoms with E-state index in [0.717, 1.165) is 19.3 Å². The van der Waals surface area contributed by atoms with Crippen molar-refractivity contribution in [2.75, 3.05) is 0 Å². The molecule has 1 aliphatic carbocycles. The second-order valence-electron chi connectivity index (χ2n) is 6.10. The van der Waals surface area contributed by atoms with Crippen LogP contribution < -0.4 is 5.32 Å². The van der Waals surface area contributed by atoms with Crippen molar-refractivity contribution >= 4 is 5.91 Å². The summed E-state index contributed by atoms with van der Waals surface area (Å²) in [5.41, 5.74) is 2.07. The molecule has 0 aromatic heterocycles. The Morgan fingerprint density at radius 3 is 2.63 bits per heavy atom. The summed E-state index contributed by atoms with van der Waals surface area (Å²) in [5, 5.41) is 12.6. The standard InChI is InChI=1S/C16H23NO2/c1-11(18)16(2,3)17-15(19)14-9-8-12-6-4-5-7-13(12)10-14/h4-7,11,14,18H,8-10H2,1-3H3,(H,17,19). The van der Waals surface area contributed by atoms with E-state index in [-0.39, 0.29) is 11.8 Å². The van der Waals surface area contributed by atoms with Gasteiger partial charge in [0.15, 0.2) is 0 Å². The van der Waals surface area contributed by atoms with Crippen molar-refractivity contribution in [1.82, 2.24) is 5.32 Å². The van der Waals surface area contributed by atoms with E-state index in [1.54, 1.807) is 6.92 Å². The first kappa shape index (κ1) is 14.1. The number of amides is 1. The van der Waals surface area contributed by atoms with Crippen LogP contribution in [-0.4, -0.2) is 22.7 Å². The highest BCUT2D eigenvalue weighted by molar-refractivity contribution is 5.80. The monoisotopic (exact) mass is 261 g/mol. The Kier molecular flexibility index (Phi) is 3.95. The molecule has 104 valence electrons. The number of fused-ring (bicyclic) bond motifs is 1. The van der Waals surface area contributed by atoms with Crippen LogP contribution in [0.4, 0.5) is 0 Å². The molecule has 2 atom stereocenters. The molecule has 0 spiro atoms. The molecule has 0 bridgehead atoms. The lowest BCUT2D eigenvalue weighted by atomic mass is 9.83. The van der Waals surface area contributed by atoms with Crippen molar-refractivity contribution in [2.24, 2.45) is 5.92 Å². The van der Waals surface area contributed by atoms with Gasteiger partial charge in [0.25, 0.3) is 0 Å². The van der Waals surface area contributed by atoms with Gasteiger partial charge in [0.05, 0.1) is 11.6 Å². The Labute approximate surface area is 115 Å². The van der Waals surface area contributed by atoms with E-state index < -0.39 is 11.6 Å². The van der Waals surface area contributed by atoms with Crippen LogP contribution in [0.25, 0.3) is 0 Å². The van der Waals surface area contributed by atoms with Crippen molar-refractivity contribution in [3.8, 4) is 0 Å². The summed E-state index contributed by atoms with van der Waals surface area (Å²) in [4.78, 5) is 12.3. The van der Waals surface area contributed by atoms with Crippen LogP contribution in [0.1, 0.15) is 38.3 Å². The molecular formula is C16H23NO2. The van der Waals surface area contributed by atoms with Gasteiger partial charge < -0.3 is 10.4 Å². The first-order valence-electron chi connectivity index (χ1n) is 6.97. The van der Waals surface area contributed by atoms with Crippen molar-refractivity contribution < 1.29 is 9.90 Å². The third-order valence-electron chi connectivity index (χ3n) is 4.21. The lowest BCUT2D eigenvalue weighted by molar-refractivity contribution is -0.128. The number of benzene rings is 1. The van der Waals surface area contributed by atoms with E-state index in [1.807, 2.05) is 19.9 Å². The summed E-state index contributed by atoms with van der Waals surface area (Å²) >= 11 is 0. The van der Waals surface area contributed by atoms with Crippen molar-refractivity contribution in [3.05, 3.63) is 35.4 Å². The van der Waals surface area contributed by atoms with Crippen LogP contribution in [0, 0.1) is 5.92 Å². The van der Waals surface area contributed by atoms with E-state index in [2.05, 4.69) is 23.5 Å². The Morgan fingerprint density at radius 2 is 2.00 bits per heavy atom. The van der Waals surface area contributed by atoms with E-state index >= 15 is 0 Å². The molecule has 2 N–H and O–H groups in total. The van der Waals surface area contributed by atoms with Gasteiger partial charge in [-0.1, -0.05) is 24.3 Å².